The molecule has 0 bridgehead atoms. The van der Waals surface area contributed by atoms with Gasteiger partial charge >= 0.3 is 0 Å². The molecule has 1 unspecified atom stereocenters. The highest BCUT2D eigenvalue weighted by molar-refractivity contribution is 5.35. The summed E-state index contributed by atoms with van der Waals surface area (Å²) in [7, 11) is 0. The first-order valence-electron chi connectivity index (χ1n) is 4.94. The zero-order valence-corrected chi connectivity index (χ0v) is 8.38. The molecule has 1 aromatic carbocycles. The van der Waals surface area contributed by atoms with E-state index in [1.165, 1.54) is 17.5 Å². The van der Waals surface area contributed by atoms with E-state index in [1.807, 2.05) is 0 Å². The fourth-order valence-corrected chi connectivity index (χ4v) is 2.15. The normalized spacial score (nSPS) is 31.8. The highest BCUT2D eigenvalue weighted by Crippen LogP contribution is 2.53. The van der Waals surface area contributed by atoms with Gasteiger partial charge in [-0.3, -0.25) is 0 Å². The Bertz CT molecular complexity index is 319. The number of benzene rings is 1. The van der Waals surface area contributed by atoms with E-state index in [4.69, 9.17) is 5.73 Å². The van der Waals surface area contributed by atoms with Crippen LogP contribution in [0.4, 0.5) is 0 Å². The van der Waals surface area contributed by atoms with E-state index >= 15 is 0 Å². The van der Waals surface area contributed by atoms with Gasteiger partial charge in [-0.1, -0.05) is 36.8 Å². The number of aryl methyl sites for hydroxylation is 1. The van der Waals surface area contributed by atoms with Crippen LogP contribution in [-0.2, 0) is 5.41 Å². The summed E-state index contributed by atoms with van der Waals surface area (Å²) in [6.45, 7) is 5.29. The van der Waals surface area contributed by atoms with E-state index in [-0.39, 0.29) is 0 Å². The van der Waals surface area contributed by atoms with Crippen LogP contribution in [0.1, 0.15) is 24.5 Å². The maximum atomic E-state index is 5.68. The van der Waals surface area contributed by atoms with Gasteiger partial charge in [0.25, 0.3) is 0 Å². The van der Waals surface area contributed by atoms with Crippen LogP contribution in [0.25, 0.3) is 0 Å². The van der Waals surface area contributed by atoms with Crippen LogP contribution in [0.2, 0.25) is 0 Å². The molecule has 0 spiro atoms. The molecule has 0 aliphatic heterocycles. The third kappa shape index (κ3) is 1.37. The minimum atomic E-state index is 0.376. The Kier molecular flexibility index (Phi) is 1.92. The molecule has 70 valence electrons. The molecule has 0 aromatic heterocycles. The summed E-state index contributed by atoms with van der Waals surface area (Å²) in [6.07, 6.45) is 1.26. The van der Waals surface area contributed by atoms with Crippen LogP contribution >= 0.6 is 0 Å². The van der Waals surface area contributed by atoms with E-state index in [2.05, 4.69) is 38.1 Å². The molecule has 1 saturated carbocycles. The molecule has 0 amide bonds. The van der Waals surface area contributed by atoms with Crippen LogP contribution in [0.5, 0.6) is 0 Å². The standard InChI is InChI=1S/C12H17N/c1-9-4-3-5-10(6-9)12(2)7-11(12)8-13/h3-6,11H,7-8,13H2,1-2H3/t11-,12?/m0/s1. The maximum Gasteiger partial charge on any atom is -0.00312 e. The van der Waals surface area contributed by atoms with Gasteiger partial charge in [0.15, 0.2) is 0 Å². The molecule has 2 rings (SSSR count). The molecule has 1 fully saturated rings. The summed E-state index contributed by atoms with van der Waals surface area (Å²) >= 11 is 0. The SMILES string of the molecule is Cc1cccc(C2(C)C[C@H]2CN)c1. The molecule has 1 nitrogen and oxygen atoms in total. The summed E-state index contributed by atoms with van der Waals surface area (Å²) in [6, 6.07) is 8.80. The summed E-state index contributed by atoms with van der Waals surface area (Å²) in [5.41, 5.74) is 8.87. The minimum absolute atomic E-state index is 0.376. The van der Waals surface area contributed by atoms with Crippen molar-refractivity contribution in [3.8, 4) is 0 Å². The predicted molar refractivity (Wildman–Crippen MR) is 55.7 cm³/mol. The first-order valence-corrected chi connectivity index (χ1v) is 4.94. The third-order valence-electron chi connectivity index (χ3n) is 3.37. The molecule has 1 heteroatoms. The van der Waals surface area contributed by atoms with Gasteiger partial charge in [0.2, 0.25) is 0 Å². The monoisotopic (exact) mass is 175 g/mol. The van der Waals surface area contributed by atoms with Gasteiger partial charge in [0.1, 0.15) is 0 Å². The number of rotatable bonds is 2. The topological polar surface area (TPSA) is 26.0 Å². The van der Waals surface area contributed by atoms with Crippen molar-refractivity contribution in [2.75, 3.05) is 6.54 Å². The molecule has 1 aliphatic rings. The smallest absolute Gasteiger partial charge is 0.00312 e. The van der Waals surface area contributed by atoms with E-state index in [0.717, 1.165) is 6.54 Å². The lowest BCUT2D eigenvalue weighted by Gasteiger charge is -2.11. The average Bonchev–Trinajstić information content (AvgIpc) is 2.79. The molecule has 2 N–H and O–H groups in total. The second-order valence-corrected chi connectivity index (χ2v) is 4.42. The molecule has 1 aliphatic carbocycles. The molecular formula is C12H17N. The Morgan fingerprint density at radius 1 is 1.54 bits per heavy atom. The lowest BCUT2D eigenvalue weighted by molar-refractivity contribution is 0.665. The quantitative estimate of drug-likeness (QED) is 0.733. The molecule has 0 saturated heterocycles. The van der Waals surface area contributed by atoms with Crippen molar-refractivity contribution >= 4 is 0 Å². The Morgan fingerprint density at radius 2 is 2.31 bits per heavy atom. The van der Waals surface area contributed by atoms with Gasteiger partial charge in [-0.15, -0.1) is 0 Å². The van der Waals surface area contributed by atoms with Crippen molar-refractivity contribution in [1.29, 1.82) is 0 Å². The fraction of sp³-hybridized carbons (Fsp3) is 0.500. The first kappa shape index (κ1) is 8.76. The lowest BCUT2D eigenvalue weighted by Crippen LogP contribution is -2.11. The van der Waals surface area contributed by atoms with Crippen LogP contribution < -0.4 is 5.73 Å². The third-order valence-corrected chi connectivity index (χ3v) is 3.37. The highest BCUT2D eigenvalue weighted by atomic mass is 14.7. The van der Waals surface area contributed by atoms with E-state index in [9.17, 15) is 0 Å². The second kappa shape index (κ2) is 2.85. The Morgan fingerprint density at radius 3 is 2.85 bits per heavy atom. The first-order chi connectivity index (χ1) is 6.16. The fourth-order valence-electron chi connectivity index (χ4n) is 2.15. The average molecular weight is 175 g/mol. The van der Waals surface area contributed by atoms with Crippen LogP contribution in [-0.4, -0.2) is 6.54 Å². The summed E-state index contributed by atoms with van der Waals surface area (Å²) < 4.78 is 0. The molecule has 1 aromatic rings. The minimum Gasteiger partial charge on any atom is -0.330 e. The van der Waals surface area contributed by atoms with E-state index in [1.54, 1.807) is 0 Å². The molecule has 2 atom stereocenters. The Hall–Kier alpha value is -0.820. The van der Waals surface area contributed by atoms with Crippen molar-refractivity contribution in [2.24, 2.45) is 11.7 Å². The molecular weight excluding hydrogens is 158 g/mol. The van der Waals surface area contributed by atoms with Crippen molar-refractivity contribution in [3.05, 3.63) is 35.4 Å². The highest BCUT2D eigenvalue weighted by Gasteiger charge is 2.49. The van der Waals surface area contributed by atoms with Gasteiger partial charge in [-0.2, -0.15) is 0 Å². The van der Waals surface area contributed by atoms with E-state index in [0.29, 0.717) is 11.3 Å². The predicted octanol–water partition coefficient (Wildman–Crippen LogP) is 2.23. The van der Waals surface area contributed by atoms with Gasteiger partial charge in [0, 0.05) is 0 Å². The zero-order chi connectivity index (χ0) is 9.47. The van der Waals surface area contributed by atoms with Gasteiger partial charge in [-0.25, -0.2) is 0 Å². The lowest BCUT2D eigenvalue weighted by atomic mass is 9.94. The summed E-state index contributed by atoms with van der Waals surface area (Å²) in [4.78, 5) is 0. The summed E-state index contributed by atoms with van der Waals surface area (Å²) in [5, 5.41) is 0. The molecule has 0 radical (unpaired) electrons. The number of hydrogen-bond donors (Lipinski definition) is 1. The zero-order valence-electron chi connectivity index (χ0n) is 8.38. The maximum absolute atomic E-state index is 5.68. The van der Waals surface area contributed by atoms with Crippen LogP contribution in [0.3, 0.4) is 0 Å². The van der Waals surface area contributed by atoms with Crippen molar-refractivity contribution in [2.45, 2.75) is 25.7 Å². The largest absolute Gasteiger partial charge is 0.330 e. The Balaban J connectivity index is 2.27. The van der Waals surface area contributed by atoms with Crippen LogP contribution in [0.15, 0.2) is 24.3 Å². The van der Waals surface area contributed by atoms with Crippen molar-refractivity contribution < 1.29 is 0 Å². The molecule has 0 heterocycles. The number of hydrogen-bond acceptors (Lipinski definition) is 1. The van der Waals surface area contributed by atoms with Crippen molar-refractivity contribution in [3.63, 3.8) is 0 Å². The second-order valence-electron chi connectivity index (χ2n) is 4.42. The summed E-state index contributed by atoms with van der Waals surface area (Å²) in [5.74, 6) is 0.703. The van der Waals surface area contributed by atoms with Gasteiger partial charge in [-0.05, 0) is 36.8 Å². The Labute approximate surface area is 80.0 Å². The van der Waals surface area contributed by atoms with Crippen molar-refractivity contribution in [1.82, 2.24) is 0 Å². The molecule has 13 heavy (non-hydrogen) atoms. The van der Waals surface area contributed by atoms with E-state index < -0.39 is 0 Å². The van der Waals surface area contributed by atoms with Crippen LogP contribution in [0, 0.1) is 12.8 Å². The number of nitrogens with two attached hydrogens (primary N) is 1. The van der Waals surface area contributed by atoms with Gasteiger partial charge in [0.05, 0.1) is 0 Å². The van der Waals surface area contributed by atoms with Gasteiger partial charge < -0.3 is 5.73 Å².